The summed E-state index contributed by atoms with van der Waals surface area (Å²) in [6.07, 6.45) is 2.55. The Kier molecular flexibility index (Phi) is 4.57. The first-order valence-corrected chi connectivity index (χ1v) is 7.87. The van der Waals surface area contributed by atoms with Crippen LogP contribution in [0.5, 0.6) is 5.75 Å². The Morgan fingerprint density at radius 2 is 2.04 bits per heavy atom. The van der Waals surface area contributed by atoms with Crippen LogP contribution in [-0.4, -0.2) is 47.8 Å². The number of rotatable bonds is 5. The van der Waals surface area contributed by atoms with Gasteiger partial charge in [0.15, 0.2) is 0 Å². The molecule has 0 spiro atoms. The van der Waals surface area contributed by atoms with Crippen molar-refractivity contribution in [2.45, 2.75) is 12.0 Å². The molecule has 6 heteroatoms. The fraction of sp³-hybridized carbons (Fsp3) is 0.389. The maximum Gasteiger partial charge on any atom is 0.270 e. The number of aryl methyl sites for hydroxylation is 1. The molecule has 2 aromatic rings. The van der Waals surface area contributed by atoms with Crippen molar-refractivity contribution in [2.75, 3.05) is 26.8 Å². The minimum absolute atomic E-state index is 0.0109. The Balaban J connectivity index is 1.65. The van der Waals surface area contributed by atoms with E-state index in [0.717, 1.165) is 0 Å². The average molecular weight is 332 g/mol. The summed E-state index contributed by atoms with van der Waals surface area (Å²) in [7, 11) is 3.48. The second-order valence-corrected chi connectivity index (χ2v) is 6.11. The van der Waals surface area contributed by atoms with E-state index in [1.165, 1.54) is 12.1 Å². The molecular weight excluding hydrogens is 311 g/mol. The quantitative estimate of drug-likeness (QED) is 0.845. The third-order valence-corrected chi connectivity index (χ3v) is 4.51. The molecule has 0 saturated carbocycles. The van der Waals surface area contributed by atoms with Gasteiger partial charge in [-0.15, -0.1) is 0 Å². The van der Waals surface area contributed by atoms with Gasteiger partial charge in [-0.1, -0.05) is 0 Å². The monoisotopic (exact) mass is 332 g/mol. The van der Waals surface area contributed by atoms with Crippen LogP contribution in [0.1, 0.15) is 16.9 Å². The maximum atomic E-state index is 13.0. The Morgan fingerprint density at radius 3 is 2.67 bits per heavy atom. The van der Waals surface area contributed by atoms with Crippen molar-refractivity contribution >= 4 is 5.91 Å². The van der Waals surface area contributed by atoms with E-state index < -0.39 is 5.60 Å². The second kappa shape index (κ2) is 6.65. The third-order valence-electron chi connectivity index (χ3n) is 4.51. The van der Waals surface area contributed by atoms with Crippen LogP contribution in [0, 0.1) is 5.82 Å². The third kappa shape index (κ3) is 3.28. The van der Waals surface area contributed by atoms with Gasteiger partial charge in [-0.3, -0.25) is 4.79 Å². The Morgan fingerprint density at radius 1 is 1.29 bits per heavy atom. The summed E-state index contributed by atoms with van der Waals surface area (Å²) in [6.45, 7) is 1.39. The molecule has 1 aliphatic heterocycles. The van der Waals surface area contributed by atoms with E-state index in [0.29, 0.717) is 37.6 Å². The van der Waals surface area contributed by atoms with E-state index in [1.807, 2.05) is 29.9 Å². The number of nitrogens with zero attached hydrogens (tertiary/aromatic N) is 2. The predicted molar refractivity (Wildman–Crippen MR) is 87.6 cm³/mol. The molecule has 0 bridgehead atoms. The minimum Gasteiger partial charge on any atom is -0.491 e. The second-order valence-electron chi connectivity index (χ2n) is 6.11. The number of carbonyl (C=O) groups excluding carboxylic acids is 1. The van der Waals surface area contributed by atoms with E-state index in [1.54, 1.807) is 24.1 Å². The Bertz CT molecular complexity index is 713. The highest BCUT2D eigenvalue weighted by molar-refractivity contribution is 5.93. The first-order chi connectivity index (χ1) is 11.5. The molecule has 1 saturated heterocycles. The zero-order valence-corrected chi connectivity index (χ0v) is 13.9. The summed E-state index contributed by atoms with van der Waals surface area (Å²) < 4.78 is 26.2. The molecule has 1 aromatic heterocycles. The molecule has 1 aromatic carbocycles. The van der Waals surface area contributed by atoms with Crippen LogP contribution in [0.3, 0.4) is 0 Å². The standard InChI is InChI=1S/C18H21FN2O3/c1-20-10-3-4-16(20)17(22)21-11-9-18(12-21,23-2)13-24-15-7-5-14(19)6-8-15/h3-8,10H,9,11-13H2,1-2H3/t18-/m0/s1. The number of carbonyl (C=O) groups is 1. The van der Waals surface area contributed by atoms with Crippen molar-refractivity contribution in [2.24, 2.45) is 7.05 Å². The molecule has 2 heterocycles. The van der Waals surface area contributed by atoms with Gasteiger partial charge in [-0.25, -0.2) is 4.39 Å². The van der Waals surface area contributed by atoms with Crippen LogP contribution in [0.15, 0.2) is 42.6 Å². The molecule has 0 unspecified atom stereocenters. The van der Waals surface area contributed by atoms with Crippen LogP contribution < -0.4 is 4.74 Å². The highest BCUT2D eigenvalue weighted by Gasteiger charge is 2.41. The Labute approximate surface area is 140 Å². The lowest BCUT2D eigenvalue weighted by Crippen LogP contribution is -2.42. The van der Waals surface area contributed by atoms with Crippen LogP contribution in [0.4, 0.5) is 4.39 Å². The fourth-order valence-electron chi connectivity index (χ4n) is 2.95. The molecule has 0 aliphatic carbocycles. The SMILES string of the molecule is CO[C@@]1(COc2ccc(F)cc2)CCN(C(=O)c2cccn2C)C1. The van der Waals surface area contributed by atoms with E-state index >= 15 is 0 Å². The fourth-order valence-corrected chi connectivity index (χ4v) is 2.95. The summed E-state index contributed by atoms with van der Waals surface area (Å²) in [5, 5.41) is 0. The van der Waals surface area contributed by atoms with Crippen molar-refractivity contribution in [3.8, 4) is 5.75 Å². The van der Waals surface area contributed by atoms with Crippen molar-refractivity contribution in [3.05, 3.63) is 54.1 Å². The van der Waals surface area contributed by atoms with Gasteiger partial charge in [-0.05, 0) is 42.8 Å². The van der Waals surface area contributed by atoms with Gasteiger partial charge in [0, 0.05) is 26.9 Å². The van der Waals surface area contributed by atoms with Gasteiger partial charge in [0.1, 0.15) is 29.5 Å². The van der Waals surface area contributed by atoms with E-state index in [9.17, 15) is 9.18 Å². The molecule has 1 atom stereocenters. The van der Waals surface area contributed by atoms with Gasteiger partial charge in [0.25, 0.3) is 5.91 Å². The first-order valence-electron chi connectivity index (χ1n) is 7.87. The van der Waals surface area contributed by atoms with Gasteiger partial charge in [0.2, 0.25) is 0 Å². The average Bonchev–Trinajstić information content (AvgIpc) is 3.21. The van der Waals surface area contributed by atoms with Gasteiger partial charge in [-0.2, -0.15) is 0 Å². The zero-order chi connectivity index (χ0) is 17.2. The lowest BCUT2D eigenvalue weighted by Gasteiger charge is -2.28. The van der Waals surface area contributed by atoms with E-state index in [4.69, 9.17) is 9.47 Å². The van der Waals surface area contributed by atoms with E-state index in [-0.39, 0.29) is 11.7 Å². The molecule has 1 aliphatic rings. The molecule has 0 N–H and O–H groups in total. The number of hydrogen-bond donors (Lipinski definition) is 0. The normalized spacial score (nSPS) is 20.4. The maximum absolute atomic E-state index is 13.0. The number of aromatic nitrogens is 1. The van der Waals surface area contributed by atoms with Gasteiger partial charge in [0.05, 0.1) is 6.54 Å². The number of amides is 1. The van der Waals surface area contributed by atoms with Crippen molar-refractivity contribution in [3.63, 3.8) is 0 Å². The summed E-state index contributed by atoms with van der Waals surface area (Å²) in [4.78, 5) is 14.4. The van der Waals surface area contributed by atoms with Crippen LogP contribution in [-0.2, 0) is 11.8 Å². The van der Waals surface area contributed by atoms with Crippen molar-refractivity contribution < 1.29 is 18.7 Å². The summed E-state index contributed by atoms with van der Waals surface area (Å²) >= 11 is 0. The van der Waals surface area contributed by atoms with Crippen LogP contribution in [0.25, 0.3) is 0 Å². The molecule has 24 heavy (non-hydrogen) atoms. The number of hydrogen-bond acceptors (Lipinski definition) is 3. The van der Waals surface area contributed by atoms with Crippen molar-refractivity contribution in [1.82, 2.24) is 9.47 Å². The lowest BCUT2D eigenvalue weighted by molar-refractivity contribution is -0.0343. The number of halogens is 1. The van der Waals surface area contributed by atoms with Crippen LogP contribution >= 0.6 is 0 Å². The van der Waals surface area contributed by atoms with Gasteiger partial charge < -0.3 is 18.9 Å². The smallest absolute Gasteiger partial charge is 0.270 e. The molecular formula is C18H21FN2O3. The number of benzene rings is 1. The summed E-state index contributed by atoms with van der Waals surface area (Å²) in [5.41, 5.74) is 0.108. The molecule has 3 rings (SSSR count). The Hall–Kier alpha value is -2.34. The molecule has 5 nitrogen and oxygen atoms in total. The highest BCUT2D eigenvalue weighted by Crippen LogP contribution is 2.27. The molecule has 1 amide bonds. The minimum atomic E-state index is -0.546. The lowest BCUT2D eigenvalue weighted by atomic mass is 10.0. The van der Waals surface area contributed by atoms with E-state index in [2.05, 4.69) is 0 Å². The molecule has 0 radical (unpaired) electrons. The molecule has 1 fully saturated rings. The van der Waals surface area contributed by atoms with Crippen molar-refractivity contribution in [1.29, 1.82) is 0 Å². The summed E-state index contributed by atoms with van der Waals surface area (Å²) in [6, 6.07) is 9.54. The number of likely N-dealkylation sites (tertiary alicyclic amines) is 1. The largest absolute Gasteiger partial charge is 0.491 e. The first kappa shape index (κ1) is 16.5. The topological polar surface area (TPSA) is 43.7 Å². The van der Waals surface area contributed by atoms with Crippen LogP contribution in [0.2, 0.25) is 0 Å². The summed E-state index contributed by atoms with van der Waals surface area (Å²) in [5.74, 6) is 0.271. The zero-order valence-electron chi connectivity index (χ0n) is 13.9. The number of ether oxygens (including phenoxy) is 2. The molecule has 128 valence electrons. The predicted octanol–water partition coefficient (Wildman–Crippen LogP) is 2.47. The number of methoxy groups -OCH3 is 1. The highest BCUT2D eigenvalue weighted by atomic mass is 19.1. The van der Waals surface area contributed by atoms with Gasteiger partial charge >= 0.3 is 0 Å².